The average molecular weight is 457 g/mol. The van der Waals surface area contributed by atoms with Crippen LogP contribution in [0.25, 0.3) is 6.08 Å². The lowest BCUT2D eigenvalue weighted by molar-refractivity contribution is 0.0674. The van der Waals surface area contributed by atoms with E-state index in [1.165, 1.54) is 17.3 Å². The van der Waals surface area contributed by atoms with Gasteiger partial charge < -0.3 is 26.0 Å². The van der Waals surface area contributed by atoms with E-state index in [1.807, 2.05) is 31.2 Å². The van der Waals surface area contributed by atoms with Crippen molar-refractivity contribution in [3.63, 3.8) is 0 Å². The number of rotatable bonds is 4. The third-order valence-electron chi connectivity index (χ3n) is 7.64. The quantitative estimate of drug-likeness (QED) is 0.612. The van der Waals surface area contributed by atoms with Crippen molar-refractivity contribution in [2.75, 3.05) is 36.0 Å². The number of β-amino-alcohol motifs (C(OH)–C–C–N with tert-alkyl or cyclic N) is 1. The fourth-order valence-corrected chi connectivity index (χ4v) is 5.70. The van der Waals surface area contributed by atoms with E-state index in [9.17, 15) is 10.4 Å². The summed E-state index contributed by atoms with van der Waals surface area (Å²) in [6.07, 6.45) is 4.87. The van der Waals surface area contributed by atoms with Crippen molar-refractivity contribution >= 4 is 23.7 Å². The molecule has 0 unspecified atom stereocenters. The second-order valence-electron chi connectivity index (χ2n) is 10.1. The maximum Gasteiger partial charge on any atom is 0.0991 e. The summed E-state index contributed by atoms with van der Waals surface area (Å²) in [6.45, 7) is 8.00. The highest BCUT2D eigenvalue weighted by molar-refractivity contribution is 5.80. The molecule has 0 radical (unpaired) electrons. The Kier molecular flexibility index (Phi) is 5.68. The van der Waals surface area contributed by atoms with Gasteiger partial charge in [-0.3, -0.25) is 4.90 Å². The molecular formula is C27H32N6O. The number of nitrogens with zero attached hydrogens (tertiary/aromatic N) is 4. The van der Waals surface area contributed by atoms with Crippen LogP contribution in [0.5, 0.6) is 0 Å². The molecule has 3 aliphatic heterocycles. The maximum atomic E-state index is 10.5. The number of fused-ring (bicyclic) bond motifs is 3. The summed E-state index contributed by atoms with van der Waals surface area (Å²) in [7, 11) is 0. The van der Waals surface area contributed by atoms with Gasteiger partial charge in [0.1, 0.15) is 0 Å². The summed E-state index contributed by atoms with van der Waals surface area (Å²) in [5, 5.41) is 27.2. The van der Waals surface area contributed by atoms with Crippen LogP contribution in [0.15, 0.2) is 42.5 Å². The molecule has 3 aliphatic rings. The van der Waals surface area contributed by atoms with Crippen molar-refractivity contribution in [2.24, 2.45) is 5.73 Å². The summed E-state index contributed by atoms with van der Waals surface area (Å²) in [4.78, 5) is 7.18. The Bertz CT molecular complexity index is 1180. The number of hydrogen-bond donors (Lipinski definition) is 3. The van der Waals surface area contributed by atoms with Crippen LogP contribution in [0.4, 0.5) is 11.4 Å². The average Bonchev–Trinajstić information content (AvgIpc) is 3.33. The van der Waals surface area contributed by atoms with Crippen LogP contribution < -0.4 is 15.5 Å². The molecule has 0 aromatic heterocycles. The van der Waals surface area contributed by atoms with Crippen LogP contribution in [0.2, 0.25) is 0 Å². The van der Waals surface area contributed by atoms with E-state index in [0.717, 1.165) is 36.6 Å². The molecule has 176 valence electrons. The Hall–Kier alpha value is -3.18. The van der Waals surface area contributed by atoms with Crippen LogP contribution in [-0.2, 0) is 6.54 Å². The van der Waals surface area contributed by atoms with E-state index in [-0.39, 0.29) is 6.04 Å². The lowest BCUT2D eigenvalue weighted by atomic mass is 9.99. The number of nitrogens with two attached hydrogens (primary N) is 1. The largest absolute Gasteiger partial charge is 0.387 e. The van der Waals surface area contributed by atoms with Gasteiger partial charge in [-0.05, 0) is 66.9 Å². The molecule has 5 rings (SSSR count). The van der Waals surface area contributed by atoms with Gasteiger partial charge in [0, 0.05) is 56.4 Å². The molecule has 3 heterocycles. The number of aliphatic hydroxyl groups is 1. The minimum absolute atomic E-state index is 0.246. The van der Waals surface area contributed by atoms with Crippen LogP contribution in [0.3, 0.4) is 0 Å². The van der Waals surface area contributed by atoms with E-state index < -0.39 is 5.60 Å². The van der Waals surface area contributed by atoms with Crippen LogP contribution in [0, 0.1) is 16.7 Å². The second kappa shape index (κ2) is 8.55. The molecule has 0 amide bonds. The Balaban J connectivity index is 1.43. The Morgan fingerprint density at radius 2 is 2.00 bits per heavy atom. The number of piperazine rings is 1. The smallest absolute Gasteiger partial charge is 0.0991 e. The Morgan fingerprint density at radius 3 is 2.71 bits per heavy atom. The third-order valence-corrected chi connectivity index (χ3v) is 7.64. The standard InChI is InChI=1S/C27H32N6O/c1-18-13-31(24-8-5-19(12-29)10-20(24)4-3-9-28)15-25-23-7-6-22(11-21(23)14-33(18)25)32-16-26(30)27(2,34)17-32/h3-11,18,25-26,28,34H,13-17,30H2,1-2H3/b4-3-,28-9?/t18-,25-,26-,27-/m1/s1. The van der Waals surface area contributed by atoms with Crippen molar-refractivity contribution in [1.29, 1.82) is 10.7 Å². The van der Waals surface area contributed by atoms with Gasteiger partial charge in [0.05, 0.1) is 29.3 Å². The highest BCUT2D eigenvalue weighted by atomic mass is 16.3. The molecule has 7 heteroatoms. The maximum absolute atomic E-state index is 10.5. The van der Waals surface area contributed by atoms with Crippen molar-refractivity contribution in [3.8, 4) is 6.07 Å². The molecule has 0 aliphatic carbocycles. The lowest BCUT2D eigenvalue weighted by Crippen LogP contribution is -2.51. The molecular weight excluding hydrogens is 424 g/mol. The van der Waals surface area contributed by atoms with Crippen molar-refractivity contribution in [1.82, 2.24) is 4.90 Å². The molecule has 2 aromatic carbocycles. The van der Waals surface area contributed by atoms with Gasteiger partial charge in [0.2, 0.25) is 0 Å². The zero-order valence-electron chi connectivity index (χ0n) is 19.8. The fraction of sp³-hybridized carbons (Fsp3) is 0.407. The first kappa shape index (κ1) is 22.6. The van der Waals surface area contributed by atoms with Crippen molar-refractivity contribution in [3.05, 3.63) is 64.7 Å². The highest BCUT2D eigenvalue weighted by Gasteiger charge is 2.41. The molecule has 4 N–H and O–H groups in total. The number of anilines is 2. The minimum atomic E-state index is -0.865. The zero-order valence-corrected chi connectivity index (χ0v) is 19.8. The lowest BCUT2D eigenvalue weighted by Gasteiger charge is -2.44. The molecule has 0 spiro atoms. The number of benzene rings is 2. The van der Waals surface area contributed by atoms with Crippen LogP contribution in [0.1, 0.15) is 42.1 Å². The van der Waals surface area contributed by atoms with E-state index >= 15 is 0 Å². The number of hydrogen-bond acceptors (Lipinski definition) is 7. The Labute approximate surface area is 201 Å². The molecule has 2 saturated heterocycles. The number of nitrogens with one attached hydrogen (secondary N) is 1. The summed E-state index contributed by atoms with van der Waals surface area (Å²) < 4.78 is 0. The van der Waals surface area contributed by atoms with Crippen molar-refractivity contribution in [2.45, 2.75) is 44.1 Å². The van der Waals surface area contributed by atoms with Crippen LogP contribution in [-0.4, -0.2) is 60.1 Å². The SMILES string of the molecule is C[C@@H]1CN(c2ccc(C#N)cc2/C=C\C=N)C[C@@H]2c3ccc(N4C[C@@H](N)[C@](C)(O)C4)cc3CN12. The Morgan fingerprint density at radius 1 is 1.18 bits per heavy atom. The predicted octanol–water partition coefficient (Wildman–Crippen LogP) is 2.88. The monoisotopic (exact) mass is 456 g/mol. The van der Waals surface area contributed by atoms with Gasteiger partial charge in [-0.15, -0.1) is 0 Å². The molecule has 7 nitrogen and oxygen atoms in total. The van der Waals surface area contributed by atoms with E-state index in [1.54, 1.807) is 6.08 Å². The molecule has 0 saturated carbocycles. The number of allylic oxidation sites excluding steroid dienone is 1. The molecule has 34 heavy (non-hydrogen) atoms. The first-order valence-corrected chi connectivity index (χ1v) is 11.9. The van der Waals surface area contributed by atoms with Gasteiger partial charge in [0.15, 0.2) is 0 Å². The van der Waals surface area contributed by atoms with Gasteiger partial charge in [0.25, 0.3) is 0 Å². The van der Waals surface area contributed by atoms with Gasteiger partial charge in [-0.2, -0.15) is 5.26 Å². The topological polar surface area (TPSA) is 104 Å². The molecule has 4 atom stereocenters. The normalized spacial score (nSPS) is 28.7. The first-order valence-electron chi connectivity index (χ1n) is 11.9. The molecule has 2 aromatic rings. The molecule has 0 bridgehead atoms. The second-order valence-corrected chi connectivity index (χ2v) is 10.1. The van der Waals surface area contributed by atoms with Gasteiger partial charge >= 0.3 is 0 Å². The number of nitriles is 1. The van der Waals surface area contributed by atoms with E-state index in [4.69, 9.17) is 11.1 Å². The van der Waals surface area contributed by atoms with Crippen LogP contribution >= 0.6 is 0 Å². The molecule has 2 fully saturated rings. The zero-order chi connectivity index (χ0) is 24.0. The summed E-state index contributed by atoms with van der Waals surface area (Å²) in [5.41, 5.74) is 11.8. The first-order chi connectivity index (χ1) is 16.3. The minimum Gasteiger partial charge on any atom is -0.387 e. The summed E-state index contributed by atoms with van der Waals surface area (Å²) >= 11 is 0. The van der Waals surface area contributed by atoms with Gasteiger partial charge in [-0.1, -0.05) is 12.1 Å². The fourth-order valence-electron chi connectivity index (χ4n) is 5.70. The predicted molar refractivity (Wildman–Crippen MR) is 136 cm³/mol. The highest BCUT2D eigenvalue weighted by Crippen LogP contribution is 2.42. The summed E-state index contributed by atoms with van der Waals surface area (Å²) in [5.74, 6) is 0. The third kappa shape index (κ3) is 3.88. The van der Waals surface area contributed by atoms with Gasteiger partial charge in [-0.25, -0.2) is 0 Å². The van der Waals surface area contributed by atoms with E-state index in [0.29, 0.717) is 30.7 Å². The van der Waals surface area contributed by atoms with E-state index in [2.05, 4.69) is 45.9 Å². The van der Waals surface area contributed by atoms with Crippen molar-refractivity contribution < 1.29 is 5.11 Å². The summed E-state index contributed by atoms with van der Waals surface area (Å²) in [6, 6.07) is 15.1.